The molecule has 2 aromatic rings. The number of aromatic amines is 1. The van der Waals surface area contributed by atoms with Crippen molar-refractivity contribution in [2.75, 3.05) is 0 Å². The summed E-state index contributed by atoms with van der Waals surface area (Å²) >= 11 is 0. The van der Waals surface area contributed by atoms with Crippen molar-refractivity contribution in [2.24, 2.45) is 0 Å². The Morgan fingerprint density at radius 1 is 0.867 bits per heavy atom. The number of aromatic nitrogens is 1. The molecular weight excluding hydrogens is 402 g/mol. The minimum absolute atomic E-state index is 0.169. The smallest absolute Gasteiger partial charge is 0.204 e. The maximum absolute atomic E-state index is 3.49. The van der Waals surface area contributed by atoms with E-state index in [9.17, 15) is 0 Å². The minimum Gasteiger partial charge on any atom is -0.349 e. The van der Waals surface area contributed by atoms with Crippen LogP contribution in [0.5, 0.6) is 0 Å². The molecule has 0 bridgehead atoms. The van der Waals surface area contributed by atoms with Crippen molar-refractivity contribution in [2.45, 2.75) is 51.9 Å². The van der Waals surface area contributed by atoms with Gasteiger partial charge in [0.1, 0.15) is 0 Å². The maximum atomic E-state index is 3.49. The van der Waals surface area contributed by atoms with Crippen LogP contribution in [0.4, 0.5) is 0 Å². The highest BCUT2D eigenvalue weighted by Gasteiger charge is 2.29. The van der Waals surface area contributed by atoms with E-state index in [1.54, 1.807) is 0 Å². The first-order chi connectivity index (χ1) is 14.2. The molecule has 0 aliphatic carbocycles. The molecule has 0 saturated carbocycles. The molecule has 0 spiro atoms. The van der Waals surface area contributed by atoms with Crippen molar-refractivity contribution in [1.29, 1.82) is 0 Å². The summed E-state index contributed by atoms with van der Waals surface area (Å²) in [6, 6.07) is 15.2. The summed E-state index contributed by atoms with van der Waals surface area (Å²) in [5, 5.41) is 2.98. The Morgan fingerprint density at radius 3 is 2.07 bits per heavy atom. The average molecular weight is 437 g/mol. The van der Waals surface area contributed by atoms with Crippen LogP contribution in [-0.4, -0.2) is 16.5 Å². The zero-order valence-electron chi connectivity index (χ0n) is 19.0. The van der Waals surface area contributed by atoms with Gasteiger partial charge in [0.05, 0.1) is 0 Å². The zero-order chi connectivity index (χ0) is 21.8. The molecule has 0 amide bonds. The average Bonchev–Trinajstić information content (AvgIpc) is 2.70. The first-order valence-electron chi connectivity index (χ1n) is 10.5. The molecule has 1 aliphatic rings. The molecule has 0 saturated heterocycles. The van der Waals surface area contributed by atoms with Crippen molar-refractivity contribution in [3.8, 4) is 0 Å². The molecule has 4 heteroatoms. The number of hydrogen-bond donors (Lipinski definition) is 1. The molecule has 2 atom stereocenters. The van der Waals surface area contributed by atoms with Crippen LogP contribution < -0.4 is 25.8 Å². The predicted octanol–water partition coefficient (Wildman–Crippen LogP) is 3.28. The van der Waals surface area contributed by atoms with Gasteiger partial charge in [0.2, 0.25) is 5.44 Å². The lowest BCUT2D eigenvalue weighted by atomic mass is 10.2. The molecule has 3 rings (SSSR count). The molecule has 158 valence electrons. The lowest BCUT2D eigenvalue weighted by molar-refractivity contribution is -0.408. The number of hydrogen-bond acceptors (Lipinski definition) is 0. The van der Waals surface area contributed by atoms with Gasteiger partial charge in [-0.2, -0.15) is 0 Å². The molecule has 0 fully saturated rings. The highest BCUT2D eigenvalue weighted by Crippen LogP contribution is 2.56. The Balaban J connectivity index is 2.15. The Labute approximate surface area is 184 Å². The molecule has 2 nitrogen and oxygen atoms in total. The molecular formula is C26H34N2P2. The first kappa shape index (κ1) is 22.8. The third-order valence-electron chi connectivity index (χ3n) is 4.88. The van der Waals surface area contributed by atoms with Crippen LogP contribution in [0.15, 0.2) is 60.8 Å². The van der Waals surface area contributed by atoms with E-state index in [2.05, 4.69) is 112 Å². The lowest BCUT2D eigenvalue weighted by Crippen LogP contribution is -2.71. The zero-order valence-corrected chi connectivity index (χ0v) is 20.8. The van der Waals surface area contributed by atoms with Gasteiger partial charge in [0.25, 0.3) is 0 Å². The highest BCUT2D eigenvalue weighted by molar-refractivity contribution is 7.74. The number of nitrogens with one attached hydrogen (secondary N) is 2. The van der Waals surface area contributed by atoms with E-state index in [-0.39, 0.29) is 10.3 Å². The third kappa shape index (κ3) is 5.84. The summed E-state index contributed by atoms with van der Waals surface area (Å²) in [6.45, 7) is 14.0. The molecule has 1 aromatic heterocycles. The van der Waals surface area contributed by atoms with Crippen molar-refractivity contribution in [3.63, 3.8) is 0 Å². The normalized spacial score (nSPS) is 17.7. The Morgan fingerprint density at radius 2 is 1.53 bits per heavy atom. The van der Waals surface area contributed by atoms with Gasteiger partial charge in [0, 0.05) is 25.8 Å². The third-order valence-corrected chi connectivity index (χ3v) is 10.4. The molecule has 1 aliphatic heterocycles. The predicted molar refractivity (Wildman–Crippen MR) is 134 cm³/mol. The fraction of sp³-hybridized carbons (Fsp3) is 0.308. The van der Waals surface area contributed by atoms with Gasteiger partial charge < -0.3 is 11.1 Å². The van der Waals surface area contributed by atoms with Gasteiger partial charge >= 0.3 is 0 Å². The second-order valence-electron chi connectivity index (χ2n) is 9.46. The maximum Gasteiger partial charge on any atom is 0.204 e. The Hall–Kier alpha value is -1.88. The molecule has 2 heterocycles. The molecule has 2 unspecified atom stereocenters. The largest absolute Gasteiger partial charge is 0.349 e. The molecule has 30 heavy (non-hydrogen) atoms. The van der Waals surface area contributed by atoms with E-state index in [1.165, 1.54) is 21.7 Å². The Bertz CT molecular complexity index is 999. The summed E-state index contributed by atoms with van der Waals surface area (Å²) in [7, 11) is -0.996. The number of H-pyrrole nitrogens is 1. The van der Waals surface area contributed by atoms with E-state index in [1.807, 2.05) is 24.9 Å². The second kappa shape index (κ2) is 9.51. The molecule has 1 aromatic carbocycles. The van der Waals surface area contributed by atoms with E-state index >= 15 is 0 Å². The van der Waals surface area contributed by atoms with E-state index in [0.29, 0.717) is 0 Å². The van der Waals surface area contributed by atoms with Crippen LogP contribution in [0.3, 0.4) is 0 Å². The van der Waals surface area contributed by atoms with E-state index in [4.69, 9.17) is 0 Å². The highest BCUT2D eigenvalue weighted by atomic mass is 31.1. The fourth-order valence-corrected chi connectivity index (χ4v) is 7.79. The van der Waals surface area contributed by atoms with Crippen LogP contribution >= 0.6 is 15.8 Å². The molecule has 2 N–H and O–H groups in total. The van der Waals surface area contributed by atoms with Crippen LogP contribution in [0, 0.1) is 12.2 Å². The Kier molecular flexibility index (Phi) is 7.22. The van der Waals surface area contributed by atoms with Crippen LogP contribution in [0.25, 0.3) is 11.6 Å². The summed E-state index contributed by atoms with van der Waals surface area (Å²) in [5.74, 6) is 6.31. The lowest BCUT2D eigenvalue weighted by Gasteiger charge is -2.36. The van der Waals surface area contributed by atoms with Crippen LogP contribution in [0.2, 0.25) is 0 Å². The van der Waals surface area contributed by atoms with Crippen molar-refractivity contribution in [1.82, 2.24) is 0 Å². The van der Waals surface area contributed by atoms with Gasteiger partial charge in [-0.05, 0) is 38.8 Å². The second-order valence-corrected chi connectivity index (χ2v) is 15.1. The van der Waals surface area contributed by atoms with Gasteiger partial charge in [-0.3, -0.25) is 12.5 Å². The van der Waals surface area contributed by atoms with Crippen molar-refractivity contribution < 1.29 is 9.98 Å². The topological polar surface area (TPSA) is 28.1 Å². The van der Waals surface area contributed by atoms with Gasteiger partial charge in [-0.1, -0.05) is 79.5 Å². The van der Waals surface area contributed by atoms with Gasteiger partial charge in [0.15, 0.2) is 6.20 Å². The number of benzene rings is 1. The first-order valence-corrected chi connectivity index (χ1v) is 13.3. The SMILES string of the molecule is CC(C)(C)P(C=c1ccccc1=CP([C-]1C=C[CH-]C=[NH+]1)C(C)(C)C)c1cccc[nH+]1. The van der Waals surface area contributed by atoms with Gasteiger partial charge in [-0.25, -0.2) is 4.98 Å². The number of allylic oxidation sites excluding steroid dienone is 1. The van der Waals surface area contributed by atoms with Crippen molar-refractivity contribution in [3.05, 3.63) is 83.5 Å². The summed E-state index contributed by atoms with van der Waals surface area (Å²) in [4.78, 5) is 6.98. The molecule has 0 radical (unpaired) electrons. The van der Waals surface area contributed by atoms with E-state index < -0.39 is 15.8 Å². The van der Waals surface area contributed by atoms with Crippen molar-refractivity contribution >= 4 is 39.1 Å². The minimum atomic E-state index is -0.498. The summed E-state index contributed by atoms with van der Waals surface area (Å²) < 4.78 is 0. The summed E-state index contributed by atoms with van der Waals surface area (Å²) in [6.07, 6.45) is 10.5. The van der Waals surface area contributed by atoms with Crippen LogP contribution in [-0.2, 0) is 0 Å². The quantitative estimate of drug-likeness (QED) is 0.563. The van der Waals surface area contributed by atoms with Crippen LogP contribution in [0.1, 0.15) is 41.5 Å². The standard InChI is InChI=1S/C26H33N2P2/c1-25(2,3)29(23-15-9-11-17-27-23)19-21-13-7-8-14-22(21)20-30(26(4,5)6)24-16-10-12-18-28-24/h7-20,27H,1-6H3/q-1/p+1. The number of rotatable bonds is 4. The summed E-state index contributed by atoms with van der Waals surface area (Å²) in [5.41, 5.74) is 1.31. The number of pyridine rings is 1. The van der Waals surface area contributed by atoms with E-state index in [0.717, 1.165) is 0 Å². The monoisotopic (exact) mass is 436 g/mol. The fourth-order valence-electron chi connectivity index (χ4n) is 3.34. The van der Waals surface area contributed by atoms with Gasteiger partial charge in [-0.15, -0.1) is 0 Å².